The van der Waals surface area contributed by atoms with Crippen LogP contribution in [-0.4, -0.2) is 67.7 Å². The van der Waals surface area contributed by atoms with E-state index in [-0.39, 0.29) is 5.91 Å². The molecule has 1 amide bonds. The van der Waals surface area contributed by atoms with E-state index in [2.05, 4.69) is 48.7 Å². The Kier molecular flexibility index (Phi) is 6.05. The molecule has 1 unspecified atom stereocenters. The highest BCUT2D eigenvalue weighted by Gasteiger charge is 2.37. The molecule has 1 saturated heterocycles. The second-order valence-electron chi connectivity index (χ2n) is 9.11. The van der Waals surface area contributed by atoms with Gasteiger partial charge in [-0.2, -0.15) is 5.10 Å². The quantitative estimate of drug-likeness (QED) is 0.517. The summed E-state index contributed by atoms with van der Waals surface area (Å²) in [6, 6.07) is 4.56. The molecule has 0 aromatic carbocycles. The van der Waals surface area contributed by atoms with Gasteiger partial charge in [0.2, 0.25) is 0 Å². The number of hydrogen-bond donors (Lipinski definition) is 0. The molecule has 2 aliphatic rings. The Morgan fingerprint density at radius 3 is 2.67 bits per heavy atom. The summed E-state index contributed by atoms with van der Waals surface area (Å²) in [7, 11) is 0. The second kappa shape index (κ2) is 8.99. The van der Waals surface area contributed by atoms with Crippen LogP contribution in [0.2, 0.25) is 0 Å². The molecule has 1 atom stereocenters. The summed E-state index contributed by atoms with van der Waals surface area (Å²) in [5.74, 6) is 0.988. The molecule has 4 heterocycles. The van der Waals surface area contributed by atoms with Gasteiger partial charge in [0, 0.05) is 46.6 Å². The molecule has 0 radical (unpaired) electrons. The van der Waals surface area contributed by atoms with Crippen LogP contribution >= 0.6 is 11.3 Å². The predicted molar refractivity (Wildman–Crippen MR) is 131 cm³/mol. The molecular weight excluding hydrogens is 432 g/mol. The average molecular weight is 465 g/mol. The summed E-state index contributed by atoms with van der Waals surface area (Å²) in [6.07, 6.45) is 6.72. The van der Waals surface area contributed by atoms with Crippen LogP contribution < -0.4 is 0 Å². The van der Waals surface area contributed by atoms with Crippen molar-refractivity contribution in [1.29, 1.82) is 0 Å². The minimum atomic E-state index is 0.0956. The fourth-order valence-corrected chi connectivity index (χ4v) is 5.99. The lowest BCUT2D eigenvalue weighted by molar-refractivity contribution is 0.0776. The molecule has 7 nitrogen and oxygen atoms in total. The molecule has 0 spiro atoms. The molecule has 3 aromatic rings. The van der Waals surface area contributed by atoms with E-state index in [0.717, 1.165) is 62.4 Å². The first kappa shape index (κ1) is 22.2. The molecule has 2 fully saturated rings. The Hall–Kier alpha value is -2.58. The number of carbonyl (C=O) groups excluding carboxylic acids is 1. The van der Waals surface area contributed by atoms with E-state index in [1.54, 1.807) is 28.4 Å². The van der Waals surface area contributed by atoms with Crippen molar-refractivity contribution in [1.82, 2.24) is 29.5 Å². The number of likely N-dealkylation sites (tertiary alicyclic amines) is 1. The SMILES string of the molecule is CCN(CC)C1CCN(C(=O)c2cnn(-c3nccc(-c4cc(C)sc4C)n3)c2C2CC2)C1. The summed E-state index contributed by atoms with van der Waals surface area (Å²) >= 11 is 1.77. The van der Waals surface area contributed by atoms with Crippen molar-refractivity contribution in [2.75, 3.05) is 26.2 Å². The summed E-state index contributed by atoms with van der Waals surface area (Å²) < 4.78 is 1.81. The van der Waals surface area contributed by atoms with Crippen molar-refractivity contribution in [3.63, 3.8) is 0 Å². The first-order chi connectivity index (χ1) is 16.0. The number of amides is 1. The summed E-state index contributed by atoms with van der Waals surface area (Å²) in [6.45, 7) is 12.2. The zero-order valence-electron chi connectivity index (χ0n) is 19.9. The van der Waals surface area contributed by atoms with Gasteiger partial charge >= 0.3 is 0 Å². The maximum atomic E-state index is 13.5. The Labute approximate surface area is 199 Å². The fourth-order valence-electron chi connectivity index (χ4n) is 5.05. The minimum Gasteiger partial charge on any atom is -0.337 e. The molecule has 8 heteroatoms. The summed E-state index contributed by atoms with van der Waals surface area (Å²) in [5.41, 5.74) is 3.72. The Morgan fingerprint density at radius 2 is 2.00 bits per heavy atom. The van der Waals surface area contributed by atoms with Crippen LogP contribution in [0.25, 0.3) is 17.2 Å². The van der Waals surface area contributed by atoms with E-state index in [4.69, 9.17) is 4.98 Å². The summed E-state index contributed by atoms with van der Waals surface area (Å²) in [4.78, 5) is 29.9. The largest absolute Gasteiger partial charge is 0.337 e. The van der Waals surface area contributed by atoms with Crippen LogP contribution in [0.4, 0.5) is 0 Å². The number of thiophene rings is 1. The maximum absolute atomic E-state index is 13.5. The zero-order chi connectivity index (χ0) is 23.1. The minimum absolute atomic E-state index is 0.0956. The molecule has 3 aromatic heterocycles. The van der Waals surface area contributed by atoms with Gasteiger partial charge in [0.1, 0.15) is 0 Å². The van der Waals surface area contributed by atoms with Gasteiger partial charge < -0.3 is 4.90 Å². The highest BCUT2D eigenvalue weighted by molar-refractivity contribution is 7.12. The first-order valence-corrected chi connectivity index (χ1v) is 12.8. The van der Waals surface area contributed by atoms with Gasteiger partial charge in [0.05, 0.1) is 23.1 Å². The van der Waals surface area contributed by atoms with E-state index in [1.807, 2.05) is 11.0 Å². The van der Waals surface area contributed by atoms with Gasteiger partial charge in [-0.05, 0) is 58.3 Å². The van der Waals surface area contributed by atoms with Crippen LogP contribution in [0.1, 0.15) is 64.8 Å². The molecule has 0 bridgehead atoms. The van der Waals surface area contributed by atoms with Crippen LogP contribution in [0, 0.1) is 13.8 Å². The van der Waals surface area contributed by atoms with Gasteiger partial charge in [-0.3, -0.25) is 9.69 Å². The molecule has 0 N–H and O–H groups in total. The van der Waals surface area contributed by atoms with Crippen molar-refractivity contribution in [2.45, 2.75) is 58.9 Å². The Morgan fingerprint density at radius 1 is 1.21 bits per heavy atom. The number of likely N-dealkylation sites (N-methyl/N-ethyl adjacent to an activating group) is 1. The van der Waals surface area contributed by atoms with Crippen LogP contribution in [0.3, 0.4) is 0 Å². The van der Waals surface area contributed by atoms with Crippen LogP contribution in [0.5, 0.6) is 0 Å². The van der Waals surface area contributed by atoms with Crippen LogP contribution in [-0.2, 0) is 0 Å². The molecule has 5 rings (SSSR count). The lowest BCUT2D eigenvalue weighted by Gasteiger charge is -2.26. The molecule has 174 valence electrons. The van der Waals surface area contributed by atoms with E-state index in [0.29, 0.717) is 23.5 Å². The van der Waals surface area contributed by atoms with Gasteiger partial charge in [-0.15, -0.1) is 11.3 Å². The van der Waals surface area contributed by atoms with E-state index < -0.39 is 0 Å². The lowest BCUT2D eigenvalue weighted by atomic mass is 10.1. The predicted octanol–water partition coefficient (Wildman–Crippen LogP) is 4.44. The number of hydrogen-bond acceptors (Lipinski definition) is 6. The standard InChI is InChI=1S/C25H32N6OS/c1-5-29(6-2)19-10-12-30(15-19)24(32)21-14-27-31(23(21)18-7-8-18)25-26-11-9-22(28-25)20-13-16(3)33-17(20)4/h9,11,13-14,18-19H,5-8,10,12,15H2,1-4H3. The number of nitrogens with zero attached hydrogens (tertiary/aromatic N) is 6. The fraction of sp³-hybridized carbons (Fsp3) is 0.520. The molecule has 1 aliphatic carbocycles. The highest BCUT2D eigenvalue weighted by atomic mass is 32.1. The van der Waals surface area contributed by atoms with Crippen molar-refractivity contribution in [3.8, 4) is 17.2 Å². The normalized spacial score (nSPS) is 18.5. The number of aromatic nitrogens is 4. The summed E-state index contributed by atoms with van der Waals surface area (Å²) in [5, 5.41) is 4.63. The smallest absolute Gasteiger partial charge is 0.257 e. The first-order valence-electron chi connectivity index (χ1n) is 12.0. The molecule has 1 saturated carbocycles. The molecule has 1 aliphatic heterocycles. The lowest BCUT2D eigenvalue weighted by Crippen LogP contribution is -2.38. The van der Waals surface area contributed by atoms with Crippen molar-refractivity contribution >= 4 is 17.2 Å². The van der Waals surface area contributed by atoms with E-state index in [1.165, 1.54) is 9.75 Å². The molecular formula is C25H32N6OS. The van der Waals surface area contributed by atoms with Gasteiger partial charge in [0.25, 0.3) is 11.9 Å². The molecule has 33 heavy (non-hydrogen) atoms. The van der Waals surface area contributed by atoms with Gasteiger partial charge in [-0.1, -0.05) is 13.8 Å². The number of rotatable bonds is 7. The Bertz CT molecular complexity index is 1160. The zero-order valence-corrected chi connectivity index (χ0v) is 20.7. The van der Waals surface area contributed by atoms with Gasteiger partial charge in [-0.25, -0.2) is 14.6 Å². The van der Waals surface area contributed by atoms with Gasteiger partial charge in [0.15, 0.2) is 0 Å². The third-order valence-electron chi connectivity index (χ3n) is 6.93. The van der Waals surface area contributed by atoms with Crippen molar-refractivity contribution in [3.05, 3.63) is 45.5 Å². The van der Waals surface area contributed by atoms with Crippen LogP contribution in [0.15, 0.2) is 24.5 Å². The number of aryl methyl sites for hydroxylation is 2. The van der Waals surface area contributed by atoms with E-state index >= 15 is 0 Å². The third kappa shape index (κ3) is 4.22. The second-order valence-corrected chi connectivity index (χ2v) is 10.6. The number of carbonyl (C=O) groups is 1. The Balaban J connectivity index is 1.45. The average Bonchev–Trinajstić information content (AvgIpc) is 3.21. The highest BCUT2D eigenvalue weighted by Crippen LogP contribution is 2.43. The van der Waals surface area contributed by atoms with Crippen molar-refractivity contribution in [2.24, 2.45) is 0 Å². The van der Waals surface area contributed by atoms with Crippen molar-refractivity contribution < 1.29 is 4.79 Å². The maximum Gasteiger partial charge on any atom is 0.257 e. The third-order valence-corrected chi connectivity index (χ3v) is 7.90. The topological polar surface area (TPSA) is 67.2 Å². The monoisotopic (exact) mass is 464 g/mol. The van der Waals surface area contributed by atoms with E-state index in [9.17, 15) is 4.79 Å².